The zero-order valence-corrected chi connectivity index (χ0v) is 10.5. The van der Waals surface area contributed by atoms with Crippen LogP contribution in [0.2, 0.25) is 0 Å². The van der Waals surface area contributed by atoms with Crippen LogP contribution >= 0.6 is 0 Å². The Bertz CT molecular complexity index is 531. The van der Waals surface area contributed by atoms with Crippen LogP contribution in [0.3, 0.4) is 0 Å². The minimum atomic E-state index is -1.20. The minimum absolute atomic E-state index is 0.242. The number of carboxylic acid groups (broad SMARTS) is 1. The summed E-state index contributed by atoms with van der Waals surface area (Å²) >= 11 is 0. The monoisotopic (exact) mass is 278 g/mol. The molecule has 2 rings (SSSR count). The minimum Gasteiger partial charge on any atom is -0.479 e. The number of rotatable bonds is 6. The summed E-state index contributed by atoms with van der Waals surface area (Å²) in [5.74, 6) is -2.53. The number of primary amides is 1. The fourth-order valence-corrected chi connectivity index (χ4v) is 1.83. The Labute approximate surface area is 114 Å². The van der Waals surface area contributed by atoms with Gasteiger partial charge in [0.2, 0.25) is 5.91 Å². The van der Waals surface area contributed by atoms with Gasteiger partial charge in [0, 0.05) is 6.42 Å². The van der Waals surface area contributed by atoms with Gasteiger partial charge in [0.25, 0.3) is 5.91 Å². The van der Waals surface area contributed by atoms with Crippen LogP contribution in [0.15, 0.2) is 30.3 Å². The van der Waals surface area contributed by atoms with Crippen LogP contribution < -0.4 is 11.1 Å². The third kappa shape index (κ3) is 3.33. The molecule has 4 N–H and O–H groups in total. The average Bonchev–Trinajstić information content (AvgIpc) is 3.19. The van der Waals surface area contributed by atoms with E-state index in [1.807, 2.05) is 6.07 Å². The van der Waals surface area contributed by atoms with E-state index in [1.54, 1.807) is 24.3 Å². The number of hydrogen-bond acceptors (Lipinski definition) is 4. The largest absolute Gasteiger partial charge is 0.479 e. The Hall–Kier alpha value is -2.41. The number of ether oxygens (including phenoxy) is 1. The maximum atomic E-state index is 11.7. The van der Waals surface area contributed by atoms with Gasteiger partial charge in [-0.15, -0.1) is 0 Å². The van der Waals surface area contributed by atoms with Crippen molar-refractivity contribution >= 4 is 17.8 Å². The molecule has 7 nitrogen and oxygen atoms in total. The molecule has 1 aromatic carbocycles. The number of epoxide rings is 1. The van der Waals surface area contributed by atoms with Gasteiger partial charge in [0.15, 0.2) is 12.2 Å². The molecule has 7 heteroatoms. The van der Waals surface area contributed by atoms with E-state index < -0.39 is 36.0 Å². The molecule has 0 aliphatic carbocycles. The molecule has 0 spiro atoms. The van der Waals surface area contributed by atoms with Crippen molar-refractivity contribution in [1.82, 2.24) is 5.32 Å². The SMILES string of the molecule is NC(=O)[C@H](Cc1ccccc1)NC(=O)C1OC1C(=O)O. The summed E-state index contributed by atoms with van der Waals surface area (Å²) in [5.41, 5.74) is 6.07. The quantitative estimate of drug-likeness (QED) is 0.579. The van der Waals surface area contributed by atoms with E-state index >= 15 is 0 Å². The lowest BCUT2D eigenvalue weighted by molar-refractivity contribution is -0.138. The fourth-order valence-electron chi connectivity index (χ4n) is 1.83. The Kier molecular flexibility index (Phi) is 3.99. The van der Waals surface area contributed by atoms with Crippen LogP contribution in [0.4, 0.5) is 0 Å². The first kappa shape index (κ1) is 14.0. The number of nitrogens with two attached hydrogens (primary N) is 1. The Morgan fingerprint density at radius 1 is 1.25 bits per heavy atom. The number of amides is 2. The molecule has 1 aliphatic heterocycles. The van der Waals surface area contributed by atoms with Crippen LogP contribution in [0.1, 0.15) is 5.56 Å². The van der Waals surface area contributed by atoms with E-state index in [1.165, 1.54) is 0 Å². The number of hydrogen-bond donors (Lipinski definition) is 3. The van der Waals surface area contributed by atoms with Crippen LogP contribution in [0.5, 0.6) is 0 Å². The van der Waals surface area contributed by atoms with Gasteiger partial charge >= 0.3 is 5.97 Å². The predicted octanol–water partition coefficient (Wildman–Crippen LogP) is -0.949. The van der Waals surface area contributed by atoms with Crippen molar-refractivity contribution in [2.45, 2.75) is 24.7 Å². The number of aliphatic carboxylic acids is 1. The molecule has 106 valence electrons. The van der Waals surface area contributed by atoms with E-state index in [4.69, 9.17) is 15.6 Å². The Morgan fingerprint density at radius 3 is 2.40 bits per heavy atom. The van der Waals surface area contributed by atoms with Crippen LogP contribution in [0.25, 0.3) is 0 Å². The van der Waals surface area contributed by atoms with Gasteiger partial charge < -0.3 is 20.9 Å². The van der Waals surface area contributed by atoms with Crippen molar-refractivity contribution in [2.75, 3.05) is 0 Å². The highest BCUT2D eigenvalue weighted by Crippen LogP contribution is 2.22. The van der Waals surface area contributed by atoms with E-state index in [0.29, 0.717) is 0 Å². The normalized spacial score (nSPS) is 21.8. The van der Waals surface area contributed by atoms with E-state index in [0.717, 1.165) is 5.56 Å². The second-order valence-corrected chi connectivity index (χ2v) is 4.47. The smallest absolute Gasteiger partial charge is 0.336 e. The molecule has 1 heterocycles. The van der Waals surface area contributed by atoms with Crippen LogP contribution in [0, 0.1) is 0 Å². The molecule has 0 saturated carbocycles. The second-order valence-electron chi connectivity index (χ2n) is 4.47. The van der Waals surface area contributed by atoms with Crippen LogP contribution in [-0.2, 0) is 25.5 Å². The summed E-state index contributed by atoms with van der Waals surface area (Å²) in [6.45, 7) is 0. The van der Waals surface area contributed by atoms with Crippen molar-refractivity contribution in [3.05, 3.63) is 35.9 Å². The predicted molar refractivity (Wildman–Crippen MR) is 67.6 cm³/mol. The zero-order chi connectivity index (χ0) is 14.7. The van der Waals surface area contributed by atoms with Crippen molar-refractivity contribution in [3.8, 4) is 0 Å². The molecule has 1 saturated heterocycles. The second kappa shape index (κ2) is 5.70. The zero-order valence-electron chi connectivity index (χ0n) is 10.5. The van der Waals surface area contributed by atoms with E-state index in [2.05, 4.69) is 5.32 Å². The average molecular weight is 278 g/mol. The van der Waals surface area contributed by atoms with Gasteiger partial charge in [-0.1, -0.05) is 30.3 Å². The maximum Gasteiger partial charge on any atom is 0.336 e. The summed E-state index contributed by atoms with van der Waals surface area (Å²) in [4.78, 5) is 33.7. The molecule has 0 radical (unpaired) electrons. The molecule has 0 aromatic heterocycles. The van der Waals surface area contributed by atoms with Gasteiger partial charge in [-0.2, -0.15) is 0 Å². The van der Waals surface area contributed by atoms with Crippen LogP contribution in [-0.4, -0.2) is 41.1 Å². The molecule has 1 aromatic rings. The summed E-state index contributed by atoms with van der Waals surface area (Å²) in [6.07, 6.45) is -1.95. The maximum absolute atomic E-state index is 11.7. The fraction of sp³-hybridized carbons (Fsp3) is 0.308. The summed E-state index contributed by atoms with van der Waals surface area (Å²) in [5, 5.41) is 11.1. The van der Waals surface area contributed by atoms with Gasteiger partial charge in [-0.25, -0.2) is 4.79 Å². The van der Waals surface area contributed by atoms with Crippen molar-refractivity contribution in [3.63, 3.8) is 0 Å². The number of carbonyl (C=O) groups is 3. The highest BCUT2D eigenvalue weighted by Gasteiger charge is 2.51. The summed E-state index contributed by atoms with van der Waals surface area (Å²) in [7, 11) is 0. The Balaban J connectivity index is 1.95. The lowest BCUT2D eigenvalue weighted by atomic mass is 10.1. The molecule has 2 amide bonds. The molecule has 0 bridgehead atoms. The lowest BCUT2D eigenvalue weighted by Gasteiger charge is -2.14. The highest BCUT2D eigenvalue weighted by atomic mass is 16.6. The van der Waals surface area contributed by atoms with Crippen molar-refractivity contribution < 1.29 is 24.2 Å². The third-order valence-corrected chi connectivity index (χ3v) is 2.94. The number of carboxylic acids is 1. The molecule has 1 fully saturated rings. The van der Waals surface area contributed by atoms with Gasteiger partial charge in [-0.05, 0) is 5.56 Å². The van der Waals surface area contributed by atoms with Gasteiger partial charge in [0.05, 0.1) is 0 Å². The third-order valence-electron chi connectivity index (χ3n) is 2.94. The Morgan fingerprint density at radius 2 is 1.90 bits per heavy atom. The molecular formula is C13H14N2O5. The van der Waals surface area contributed by atoms with Crippen molar-refractivity contribution in [2.24, 2.45) is 5.73 Å². The molecule has 3 atom stereocenters. The summed E-state index contributed by atoms with van der Waals surface area (Å²) < 4.78 is 4.71. The number of benzene rings is 1. The first-order chi connectivity index (χ1) is 9.49. The van der Waals surface area contributed by atoms with Gasteiger partial charge in [-0.3, -0.25) is 9.59 Å². The number of carbonyl (C=O) groups excluding carboxylic acids is 2. The first-order valence-corrected chi connectivity index (χ1v) is 6.01. The highest BCUT2D eigenvalue weighted by molar-refractivity contribution is 5.94. The van der Waals surface area contributed by atoms with Gasteiger partial charge in [0.1, 0.15) is 6.04 Å². The molecule has 20 heavy (non-hydrogen) atoms. The lowest BCUT2D eigenvalue weighted by Crippen LogP contribution is -2.47. The topological polar surface area (TPSA) is 122 Å². The molecule has 1 aliphatic rings. The standard InChI is InChI=1S/C13H14N2O5/c14-11(16)8(6-7-4-2-1-3-5-7)15-12(17)9-10(20-9)13(18)19/h1-5,8-10H,6H2,(H2,14,16)(H,15,17)(H,18,19)/t8-,9?,10?/m0/s1. The number of nitrogens with one attached hydrogen (secondary N) is 1. The van der Waals surface area contributed by atoms with E-state index in [-0.39, 0.29) is 6.42 Å². The first-order valence-electron chi connectivity index (χ1n) is 6.01. The van der Waals surface area contributed by atoms with Crippen molar-refractivity contribution in [1.29, 1.82) is 0 Å². The summed E-state index contributed by atoms with van der Waals surface area (Å²) in [6, 6.07) is 8.14. The molecule has 2 unspecified atom stereocenters. The van der Waals surface area contributed by atoms with E-state index in [9.17, 15) is 14.4 Å². The molecular weight excluding hydrogens is 264 g/mol.